The van der Waals surface area contributed by atoms with Gasteiger partial charge in [-0.1, -0.05) is 23.3 Å². The quantitative estimate of drug-likeness (QED) is 0.356. The molecule has 0 saturated heterocycles. The lowest BCUT2D eigenvalue weighted by atomic mass is 10.1. The Morgan fingerprint density at radius 1 is 1.27 bits per heavy atom. The van der Waals surface area contributed by atoms with E-state index in [1.54, 1.807) is 18.0 Å². The standard InChI is InChI=1S/C25H22F3N5O3S/c1-4-14(5-2)7-8-32-13-31(6-3)25(36)21-23(35)22(34)17(12-33(21)32)24-30-29-20(37-24)11-16-18(27)9-15(26)10-19(16)28/h1,5,9-10,12,14,35H,2,6-8,11,13H2,3H3/t14-/m0/s1. The van der Waals surface area contributed by atoms with Crippen LogP contribution in [0.3, 0.4) is 0 Å². The van der Waals surface area contributed by atoms with Crippen molar-refractivity contribution in [3.63, 3.8) is 0 Å². The van der Waals surface area contributed by atoms with Crippen LogP contribution in [-0.4, -0.2) is 50.5 Å². The van der Waals surface area contributed by atoms with Gasteiger partial charge in [0.05, 0.1) is 5.56 Å². The van der Waals surface area contributed by atoms with Crippen molar-refractivity contribution in [2.75, 3.05) is 24.8 Å². The van der Waals surface area contributed by atoms with Crippen LogP contribution in [0.25, 0.3) is 10.6 Å². The number of terminal acetylenes is 1. The van der Waals surface area contributed by atoms with Crippen LogP contribution >= 0.6 is 11.3 Å². The van der Waals surface area contributed by atoms with Gasteiger partial charge in [-0.25, -0.2) is 13.2 Å². The summed E-state index contributed by atoms with van der Waals surface area (Å²) < 4.78 is 42.8. The van der Waals surface area contributed by atoms with E-state index < -0.39 is 40.1 Å². The summed E-state index contributed by atoms with van der Waals surface area (Å²) in [5, 5.41) is 20.6. The van der Waals surface area contributed by atoms with Crippen molar-refractivity contribution in [1.29, 1.82) is 0 Å². The maximum Gasteiger partial charge on any atom is 0.277 e. The Morgan fingerprint density at radius 2 is 1.97 bits per heavy atom. The third-order valence-electron chi connectivity index (χ3n) is 6.00. The average Bonchev–Trinajstić information content (AvgIpc) is 3.33. The molecule has 0 radical (unpaired) electrons. The molecule has 3 heterocycles. The van der Waals surface area contributed by atoms with Crippen molar-refractivity contribution in [2.45, 2.75) is 19.8 Å². The van der Waals surface area contributed by atoms with Crippen molar-refractivity contribution in [3.05, 3.63) is 74.9 Å². The minimum absolute atomic E-state index is 0.0509. The molecule has 2 aromatic heterocycles. The van der Waals surface area contributed by atoms with Gasteiger partial charge in [-0.3, -0.25) is 19.3 Å². The monoisotopic (exact) mass is 529 g/mol. The molecular weight excluding hydrogens is 507 g/mol. The molecule has 1 aromatic carbocycles. The predicted octanol–water partition coefficient (Wildman–Crippen LogP) is 3.28. The molecule has 1 aliphatic rings. The Bertz CT molecular complexity index is 1460. The van der Waals surface area contributed by atoms with E-state index in [0.717, 1.165) is 11.3 Å². The first-order chi connectivity index (χ1) is 17.7. The van der Waals surface area contributed by atoms with Gasteiger partial charge >= 0.3 is 0 Å². The van der Waals surface area contributed by atoms with E-state index in [-0.39, 0.29) is 40.3 Å². The molecule has 1 N–H and O–H groups in total. The molecule has 8 nitrogen and oxygen atoms in total. The average molecular weight is 530 g/mol. The Balaban J connectivity index is 1.73. The first-order valence-electron chi connectivity index (χ1n) is 11.3. The summed E-state index contributed by atoms with van der Waals surface area (Å²) >= 11 is 0.881. The van der Waals surface area contributed by atoms with Crippen molar-refractivity contribution in [3.8, 4) is 28.7 Å². The fourth-order valence-electron chi connectivity index (χ4n) is 3.95. The second-order valence-corrected chi connectivity index (χ2v) is 9.33. The highest BCUT2D eigenvalue weighted by Gasteiger charge is 2.33. The van der Waals surface area contributed by atoms with E-state index in [1.807, 2.05) is 0 Å². The predicted molar refractivity (Wildman–Crippen MR) is 132 cm³/mol. The third kappa shape index (κ3) is 4.95. The third-order valence-corrected chi connectivity index (χ3v) is 6.96. The molecule has 0 saturated carbocycles. The number of carbonyl (C=O) groups excluding carboxylic acids is 1. The first kappa shape index (κ1) is 26.0. The van der Waals surface area contributed by atoms with Gasteiger partial charge in [0.2, 0.25) is 5.43 Å². The molecule has 1 aliphatic heterocycles. The van der Waals surface area contributed by atoms with Gasteiger partial charge in [-0.2, -0.15) is 0 Å². The summed E-state index contributed by atoms with van der Waals surface area (Å²) in [6, 6.07) is 1.13. The lowest BCUT2D eigenvalue weighted by molar-refractivity contribution is 0.0697. The van der Waals surface area contributed by atoms with Crippen LogP contribution in [0.4, 0.5) is 13.2 Å². The molecule has 0 aliphatic carbocycles. The maximum atomic E-state index is 14.1. The molecule has 37 heavy (non-hydrogen) atoms. The van der Waals surface area contributed by atoms with E-state index >= 15 is 0 Å². The normalized spacial score (nSPS) is 13.9. The first-order valence-corrected chi connectivity index (χ1v) is 12.1. The number of hydrogen-bond donors (Lipinski definition) is 1. The number of amides is 1. The summed E-state index contributed by atoms with van der Waals surface area (Å²) in [6.45, 7) is 6.40. The topological polar surface area (TPSA) is 91.6 Å². The second-order valence-electron chi connectivity index (χ2n) is 8.27. The highest BCUT2D eigenvalue weighted by atomic mass is 32.1. The lowest BCUT2D eigenvalue weighted by Crippen LogP contribution is -2.54. The summed E-state index contributed by atoms with van der Waals surface area (Å²) in [4.78, 5) is 27.5. The van der Waals surface area contributed by atoms with E-state index in [1.165, 1.54) is 15.8 Å². The zero-order chi connectivity index (χ0) is 26.9. The molecule has 192 valence electrons. The van der Waals surface area contributed by atoms with Gasteiger partial charge in [-0.15, -0.1) is 23.2 Å². The van der Waals surface area contributed by atoms with Gasteiger partial charge in [0, 0.05) is 49.3 Å². The number of halogens is 3. The summed E-state index contributed by atoms with van der Waals surface area (Å²) in [5.74, 6) is -2.06. The van der Waals surface area contributed by atoms with Gasteiger partial charge < -0.3 is 10.0 Å². The summed E-state index contributed by atoms with van der Waals surface area (Å²) in [7, 11) is 0. The van der Waals surface area contributed by atoms with Crippen LogP contribution in [0.1, 0.15) is 34.4 Å². The van der Waals surface area contributed by atoms with Crippen LogP contribution in [0.2, 0.25) is 0 Å². The Kier molecular flexibility index (Phi) is 7.35. The number of pyridine rings is 1. The van der Waals surface area contributed by atoms with E-state index in [4.69, 9.17) is 6.42 Å². The number of fused-ring (bicyclic) bond motifs is 1. The second kappa shape index (κ2) is 10.5. The molecule has 0 unspecified atom stereocenters. The molecule has 4 rings (SSSR count). The largest absolute Gasteiger partial charge is 0.502 e. The highest BCUT2D eigenvalue weighted by Crippen LogP contribution is 2.29. The minimum Gasteiger partial charge on any atom is -0.502 e. The number of allylic oxidation sites excluding steroid dienone is 1. The van der Waals surface area contributed by atoms with Crippen LogP contribution in [0, 0.1) is 35.7 Å². The molecule has 0 fully saturated rings. The van der Waals surface area contributed by atoms with Crippen LogP contribution in [-0.2, 0) is 6.42 Å². The van der Waals surface area contributed by atoms with Gasteiger partial charge in [-0.05, 0) is 13.3 Å². The highest BCUT2D eigenvalue weighted by molar-refractivity contribution is 7.14. The molecule has 1 atom stereocenters. The van der Waals surface area contributed by atoms with Crippen LogP contribution in [0.5, 0.6) is 5.75 Å². The molecule has 0 spiro atoms. The van der Waals surface area contributed by atoms with E-state index in [2.05, 4.69) is 22.7 Å². The van der Waals surface area contributed by atoms with Crippen LogP contribution < -0.4 is 10.4 Å². The molecule has 3 aromatic rings. The fourth-order valence-corrected chi connectivity index (χ4v) is 4.81. The SMILES string of the molecule is C#C[C@@H](C=C)CCN1CN(CC)C(=O)c2c(O)c(=O)c(-c3nnc(Cc4c(F)cc(F)cc4F)s3)cn21. The summed E-state index contributed by atoms with van der Waals surface area (Å²) in [6.07, 6.45) is 8.73. The number of hydrogen-bond acceptors (Lipinski definition) is 7. The minimum atomic E-state index is -1.07. The number of aromatic hydroxyl groups is 1. The van der Waals surface area contributed by atoms with Crippen LogP contribution in [0.15, 0.2) is 35.8 Å². The lowest BCUT2D eigenvalue weighted by Gasteiger charge is -2.39. The van der Waals surface area contributed by atoms with Crippen molar-refractivity contribution >= 4 is 17.2 Å². The van der Waals surface area contributed by atoms with Crippen molar-refractivity contribution < 1.29 is 23.1 Å². The molecule has 0 bridgehead atoms. The smallest absolute Gasteiger partial charge is 0.277 e. The molecule has 1 amide bonds. The molecule has 12 heteroatoms. The Morgan fingerprint density at radius 3 is 2.59 bits per heavy atom. The zero-order valence-corrected chi connectivity index (χ0v) is 20.6. The maximum absolute atomic E-state index is 14.1. The van der Waals surface area contributed by atoms with E-state index in [9.17, 15) is 27.9 Å². The number of benzene rings is 1. The number of rotatable bonds is 8. The van der Waals surface area contributed by atoms with Gasteiger partial charge in [0.1, 0.15) is 29.1 Å². The van der Waals surface area contributed by atoms with E-state index in [0.29, 0.717) is 31.6 Å². The van der Waals surface area contributed by atoms with Crippen molar-refractivity contribution in [2.24, 2.45) is 5.92 Å². The fraction of sp³-hybridized carbons (Fsp3) is 0.280. The number of nitrogens with zero attached hydrogens (tertiary/aromatic N) is 5. The Labute approximate surface area is 214 Å². The number of carbonyl (C=O) groups is 1. The van der Waals surface area contributed by atoms with Crippen molar-refractivity contribution in [1.82, 2.24) is 19.8 Å². The molecular formula is C25H22F3N5O3S. The zero-order valence-electron chi connectivity index (χ0n) is 19.7. The number of aromatic nitrogens is 3. The van der Waals surface area contributed by atoms with Gasteiger partial charge in [0.25, 0.3) is 5.91 Å². The Hall–Kier alpha value is -4.11. The van der Waals surface area contributed by atoms with Gasteiger partial charge in [0.15, 0.2) is 16.5 Å². The summed E-state index contributed by atoms with van der Waals surface area (Å²) in [5.41, 5.74) is -1.48.